The quantitative estimate of drug-likeness (QED) is 0.744. The number of carbonyl (C=O) groups is 1. The Morgan fingerprint density at radius 2 is 2.00 bits per heavy atom. The summed E-state index contributed by atoms with van der Waals surface area (Å²) in [7, 11) is 0. The Labute approximate surface area is 160 Å². The van der Waals surface area contributed by atoms with E-state index < -0.39 is 17.5 Å². The minimum atomic E-state index is -1.10. The molecule has 3 rings (SSSR count). The van der Waals surface area contributed by atoms with Crippen molar-refractivity contribution in [3.63, 3.8) is 0 Å². The van der Waals surface area contributed by atoms with Crippen molar-refractivity contribution >= 4 is 35.0 Å². The summed E-state index contributed by atoms with van der Waals surface area (Å²) in [5, 5.41) is 16.0. The number of hydrogen-bond acceptors (Lipinski definition) is 4. The zero-order valence-corrected chi connectivity index (χ0v) is 15.5. The number of nitrogens with one attached hydrogen (secondary N) is 2. The van der Waals surface area contributed by atoms with Gasteiger partial charge in [-0.15, -0.1) is 11.8 Å². The first-order valence-corrected chi connectivity index (χ1v) is 9.66. The highest BCUT2D eigenvalue weighted by atomic mass is 32.2. The average molecular weight is 393 g/mol. The highest BCUT2D eigenvalue weighted by Crippen LogP contribution is 2.46. The van der Waals surface area contributed by atoms with Crippen molar-refractivity contribution in [2.24, 2.45) is 5.92 Å². The van der Waals surface area contributed by atoms with Gasteiger partial charge in [0.1, 0.15) is 0 Å². The Morgan fingerprint density at radius 3 is 2.73 bits per heavy atom. The molecule has 4 nitrogen and oxygen atoms in total. The van der Waals surface area contributed by atoms with Gasteiger partial charge in [0.25, 0.3) is 5.91 Å². The molecule has 1 aliphatic carbocycles. The van der Waals surface area contributed by atoms with Crippen molar-refractivity contribution in [1.82, 2.24) is 10.6 Å². The number of fused-ring (bicyclic) bond motifs is 1. The molecule has 0 unspecified atom stereocenters. The van der Waals surface area contributed by atoms with E-state index in [-0.39, 0.29) is 16.6 Å². The summed E-state index contributed by atoms with van der Waals surface area (Å²) in [6, 6.07) is 5.16. The van der Waals surface area contributed by atoms with Gasteiger partial charge in [0, 0.05) is 16.7 Å². The van der Waals surface area contributed by atoms with Crippen LogP contribution >= 0.6 is 24.0 Å². The Kier molecular flexibility index (Phi) is 5.89. The van der Waals surface area contributed by atoms with Gasteiger partial charge in [-0.05, 0) is 43.3 Å². The second-order valence-corrected chi connectivity index (χ2v) is 7.95. The number of nitriles is 1. The van der Waals surface area contributed by atoms with Gasteiger partial charge in [0.15, 0.2) is 16.7 Å². The summed E-state index contributed by atoms with van der Waals surface area (Å²) in [6.07, 6.45) is 5.49. The lowest BCUT2D eigenvalue weighted by atomic mass is 9.93. The number of nitrogens with zero attached hydrogens (tertiary/aromatic N) is 1. The molecule has 1 heterocycles. The van der Waals surface area contributed by atoms with E-state index in [0.717, 1.165) is 37.8 Å². The van der Waals surface area contributed by atoms with Gasteiger partial charge in [0.2, 0.25) is 0 Å². The average Bonchev–Trinajstić information content (AvgIpc) is 2.77. The SMILES string of the molecule is N#CC1=C(NC(=S)NC(=O)c2ccc(F)c(F)c2)S[C@H]2CCCCC[C@@H]12. The van der Waals surface area contributed by atoms with Crippen LogP contribution in [-0.2, 0) is 0 Å². The predicted octanol–water partition coefficient (Wildman–Crippen LogP) is 4.00. The Morgan fingerprint density at radius 1 is 1.23 bits per heavy atom. The first kappa shape index (κ1) is 18.8. The van der Waals surface area contributed by atoms with E-state index >= 15 is 0 Å². The fraction of sp³-hybridized carbons (Fsp3) is 0.389. The number of benzene rings is 1. The number of thiocarbonyl (C=S) groups is 1. The number of amides is 1. The molecular weight excluding hydrogens is 376 g/mol. The van der Waals surface area contributed by atoms with E-state index in [1.807, 2.05) is 0 Å². The molecule has 2 aliphatic rings. The number of hydrogen-bond donors (Lipinski definition) is 2. The van der Waals surface area contributed by atoms with Crippen LogP contribution in [0, 0.1) is 28.9 Å². The lowest BCUT2D eigenvalue weighted by molar-refractivity contribution is 0.0976. The molecular formula is C18H17F2N3OS2. The van der Waals surface area contributed by atoms with Crippen molar-refractivity contribution in [2.75, 3.05) is 0 Å². The van der Waals surface area contributed by atoms with Gasteiger partial charge in [-0.25, -0.2) is 8.78 Å². The van der Waals surface area contributed by atoms with Crippen molar-refractivity contribution in [1.29, 1.82) is 5.26 Å². The number of allylic oxidation sites excluding steroid dienone is 1. The zero-order chi connectivity index (χ0) is 18.7. The van der Waals surface area contributed by atoms with Crippen LogP contribution in [0.2, 0.25) is 0 Å². The van der Waals surface area contributed by atoms with Gasteiger partial charge in [0.05, 0.1) is 16.7 Å². The van der Waals surface area contributed by atoms with E-state index in [1.165, 1.54) is 12.5 Å². The molecule has 0 bridgehead atoms. The summed E-state index contributed by atoms with van der Waals surface area (Å²) in [4.78, 5) is 12.1. The molecule has 136 valence electrons. The van der Waals surface area contributed by atoms with Gasteiger partial charge < -0.3 is 5.32 Å². The molecule has 0 aromatic heterocycles. The lowest BCUT2D eigenvalue weighted by Gasteiger charge is -2.14. The van der Waals surface area contributed by atoms with E-state index in [2.05, 4.69) is 16.7 Å². The molecule has 0 saturated heterocycles. The van der Waals surface area contributed by atoms with Gasteiger partial charge in [-0.2, -0.15) is 5.26 Å². The second-order valence-electron chi connectivity index (χ2n) is 6.29. The smallest absolute Gasteiger partial charge is 0.257 e. The Bertz CT molecular complexity index is 819. The molecule has 0 radical (unpaired) electrons. The van der Waals surface area contributed by atoms with Crippen LogP contribution < -0.4 is 10.6 Å². The van der Waals surface area contributed by atoms with Crippen molar-refractivity contribution < 1.29 is 13.6 Å². The molecule has 0 spiro atoms. The van der Waals surface area contributed by atoms with Crippen LogP contribution in [-0.4, -0.2) is 16.3 Å². The number of rotatable bonds is 2. The maximum absolute atomic E-state index is 13.3. The van der Waals surface area contributed by atoms with Crippen LogP contribution in [0.1, 0.15) is 42.5 Å². The monoisotopic (exact) mass is 393 g/mol. The third-order valence-electron chi connectivity index (χ3n) is 4.59. The third-order valence-corrected chi connectivity index (χ3v) is 6.22. The Balaban J connectivity index is 1.67. The fourth-order valence-electron chi connectivity index (χ4n) is 3.31. The summed E-state index contributed by atoms with van der Waals surface area (Å²) in [6.45, 7) is 0. The Hall–Kier alpha value is -1.98. The normalized spacial score (nSPS) is 22.2. The highest BCUT2D eigenvalue weighted by molar-refractivity contribution is 8.04. The first-order chi connectivity index (χ1) is 12.5. The molecule has 26 heavy (non-hydrogen) atoms. The molecule has 8 heteroatoms. The zero-order valence-electron chi connectivity index (χ0n) is 13.9. The van der Waals surface area contributed by atoms with Crippen molar-refractivity contribution in [3.05, 3.63) is 46.0 Å². The van der Waals surface area contributed by atoms with Crippen LogP contribution in [0.5, 0.6) is 0 Å². The third kappa shape index (κ3) is 4.05. The molecule has 1 aromatic carbocycles. The summed E-state index contributed by atoms with van der Waals surface area (Å²) in [5.41, 5.74) is 0.651. The van der Waals surface area contributed by atoms with E-state index in [0.29, 0.717) is 15.9 Å². The largest absolute Gasteiger partial charge is 0.326 e. The minimum Gasteiger partial charge on any atom is -0.326 e. The standard InChI is InChI=1S/C18H17F2N3OS2/c19-13-7-6-10(8-14(13)20)16(24)22-18(25)23-17-12(9-21)11-4-2-1-3-5-15(11)26-17/h6-8,11,15H,1-5H2,(H2,22,23,24,25)/t11-,15-/m0/s1. The predicted molar refractivity (Wildman–Crippen MR) is 100 cm³/mol. The van der Waals surface area contributed by atoms with Crippen LogP contribution in [0.3, 0.4) is 0 Å². The van der Waals surface area contributed by atoms with Crippen molar-refractivity contribution in [2.45, 2.75) is 37.4 Å². The van der Waals surface area contributed by atoms with Crippen molar-refractivity contribution in [3.8, 4) is 6.07 Å². The number of halogens is 2. The first-order valence-electron chi connectivity index (χ1n) is 8.38. The summed E-state index contributed by atoms with van der Waals surface area (Å²) < 4.78 is 26.2. The summed E-state index contributed by atoms with van der Waals surface area (Å²) >= 11 is 6.74. The topological polar surface area (TPSA) is 64.9 Å². The van der Waals surface area contributed by atoms with E-state index in [1.54, 1.807) is 11.8 Å². The molecule has 2 N–H and O–H groups in total. The highest BCUT2D eigenvalue weighted by Gasteiger charge is 2.36. The van der Waals surface area contributed by atoms with E-state index in [4.69, 9.17) is 12.2 Å². The lowest BCUT2D eigenvalue weighted by Crippen LogP contribution is -2.38. The van der Waals surface area contributed by atoms with Crippen LogP contribution in [0.25, 0.3) is 0 Å². The summed E-state index contributed by atoms with van der Waals surface area (Å²) in [5.74, 6) is -2.54. The fourth-order valence-corrected chi connectivity index (χ4v) is 5.07. The van der Waals surface area contributed by atoms with E-state index in [9.17, 15) is 18.8 Å². The van der Waals surface area contributed by atoms with Crippen LogP contribution in [0.15, 0.2) is 28.8 Å². The number of carbonyl (C=O) groups excluding carboxylic acids is 1. The molecule has 1 saturated carbocycles. The van der Waals surface area contributed by atoms with Crippen LogP contribution in [0.4, 0.5) is 8.78 Å². The molecule has 1 aliphatic heterocycles. The van der Waals surface area contributed by atoms with Gasteiger partial charge >= 0.3 is 0 Å². The molecule has 1 aromatic rings. The van der Waals surface area contributed by atoms with Gasteiger partial charge in [-0.3, -0.25) is 10.1 Å². The molecule has 1 fully saturated rings. The molecule has 2 atom stereocenters. The van der Waals surface area contributed by atoms with Gasteiger partial charge in [-0.1, -0.05) is 19.3 Å². The molecule has 1 amide bonds. The second kappa shape index (κ2) is 8.14. The maximum Gasteiger partial charge on any atom is 0.257 e. The maximum atomic E-state index is 13.3. The number of thioether (sulfide) groups is 1. The minimum absolute atomic E-state index is 0.0337.